The van der Waals surface area contributed by atoms with Crippen molar-refractivity contribution in [2.45, 2.75) is 18.9 Å². The molecule has 21 heavy (non-hydrogen) atoms. The lowest BCUT2D eigenvalue weighted by molar-refractivity contribution is 0.288. The van der Waals surface area contributed by atoms with Crippen LogP contribution in [0.4, 0.5) is 4.39 Å². The molecule has 0 fully saturated rings. The van der Waals surface area contributed by atoms with Crippen molar-refractivity contribution in [2.75, 3.05) is 13.7 Å². The Morgan fingerprint density at radius 1 is 1.19 bits per heavy atom. The van der Waals surface area contributed by atoms with E-state index >= 15 is 0 Å². The van der Waals surface area contributed by atoms with Crippen molar-refractivity contribution < 1.29 is 9.13 Å². The first-order valence-electron chi connectivity index (χ1n) is 7.07. The minimum atomic E-state index is -0.394. The molecule has 1 aliphatic heterocycles. The number of nitrogens with one attached hydrogen (secondary N) is 1. The first kappa shape index (κ1) is 14.4. The second-order valence-corrected chi connectivity index (χ2v) is 5.62. The fourth-order valence-electron chi connectivity index (χ4n) is 2.78. The number of fused-ring (bicyclic) bond motifs is 1. The molecule has 0 amide bonds. The summed E-state index contributed by atoms with van der Waals surface area (Å²) < 4.78 is 19.0. The van der Waals surface area contributed by atoms with E-state index in [0.717, 1.165) is 36.3 Å². The van der Waals surface area contributed by atoms with Gasteiger partial charge in [0.05, 0.1) is 17.7 Å². The van der Waals surface area contributed by atoms with Crippen LogP contribution in [0.5, 0.6) is 5.75 Å². The van der Waals surface area contributed by atoms with Gasteiger partial charge in [-0.25, -0.2) is 4.39 Å². The Morgan fingerprint density at radius 3 is 2.71 bits per heavy atom. The zero-order valence-electron chi connectivity index (χ0n) is 11.8. The highest BCUT2D eigenvalue weighted by Gasteiger charge is 2.17. The summed E-state index contributed by atoms with van der Waals surface area (Å²) in [5.41, 5.74) is 3.30. The standard InChI is InChI=1S/C17H17ClFNO/c1-20-17(13-4-6-15(19)14(18)10-13)12-5-7-16-11(9-12)3-2-8-21-16/h4-7,9-10,17,20H,2-3,8H2,1H3. The second kappa shape index (κ2) is 6.04. The molecule has 0 saturated carbocycles. The molecule has 1 unspecified atom stereocenters. The second-order valence-electron chi connectivity index (χ2n) is 5.21. The molecule has 1 heterocycles. The summed E-state index contributed by atoms with van der Waals surface area (Å²) in [6.45, 7) is 0.787. The molecular weight excluding hydrogens is 289 g/mol. The minimum absolute atomic E-state index is 0.0182. The Morgan fingerprint density at radius 2 is 1.95 bits per heavy atom. The number of rotatable bonds is 3. The Hall–Kier alpha value is -1.58. The smallest absolute Gasteiger partial charge is 0.141 e. The number of halogens is 2. The maximum absolute atomic E-state index is 13.3. The van der Waals surface area contributed by atoms with Crippen LogP contribution in [0.2, 0.25) is 5.02 Å². The SMILES string of the molecule is CNC(c1ccc(F)c(Cl)c1)c1ccc2c(c1)CCCO2. The molecule has 2 nitrogen and oxygen atoms in total. The molecule has 0 spiro atoms. The summed E-state index contributed by atoms with van der Waals surface area (Å²) in [6.07, 6.45) is 2.08. The van der Waals surface area contributed by atoms with E-state index in [-0.39, 0.29) is 11.1 Å². The van der Waals surface area contributed by atoms with Crippen molar-refractivity contribution in [1.29, 1.82) is 0 Å². The Bertz CT molecular complexity index is 659. The van der Waals surface area contributed by atoms with Gasteiger partial charge in [0.25, 0.3) is 0 Å². The van der Waals surface area contributed by atoms with Gasteiger partial charge in [-0.15, -0.1) is 0 Å². The normalized spacial score (nSPS) is 15.2. The van der Waals surface area contributed by atoms with Gasteiger partial charge >= 0.3 is 0 Å². The molecule has 2 aromatic carbocycles. The quantitative estimate of drug-likeness (QED) is 0.921. The van der Waals surface area contributed by atoms with Crippen LogP contribution in [-0.2, 0) is 6.42 Å². The third kappa shape index (κ3) is 2.89. The molecule has 1 N–H and O–H groups in total. The summed E-state index contributed by atoms with van der Waals surface area (Å²) in [4.78, 5) is 0. The van der Waals surface area contributed by atoms with Gasteiger partial charge in [-0.3, -0.25) is 0 Å². The molecule has 1 aliphatic rings. The number of hydrogen-bond donors (Lipinski definition) is 1. The van der Waals surface area contributed by atoms with Crippen LogP contribution in [-0.4, -0.2) is 13.7 Å². The largest absolute Gasteiger partial charge is 0.493 e. The van der Waals surface area contributed by atoms with E-state index in [2.05, 4.69) is 11.4 Å². The topological polar surface area (TPSA) is 21.3 Å². The Kier molecular flexibility index (Phi) is 4.13. The van der Waals surface area contributed by atoms with Gasteiger partial charge in [-0.1, -0.05) is 29.8 Å². The van der Waals surface area contributed by atoms with Crippen molar-refractivity contribution in [3.8, 4) is 5.75 Å². The number of hydrogen-bond acceptors (Lipinski definition) is 2. The van der Waals surface area contributed by atoms with Gasteiger partial charge in [0.2, 0.25) is 0 Å². The fourth-order valence-corrected chi connectivity index (χ4v) is 2.97. The van der Waals surface area contributed by atoms with Crippen LogP contribution < -0.4 is 10.1 Å². The Labute approximate surface area is 128 Å². The third-order valence-corrected chi connectivity index (χ3v) is 4.12. The van der Waals surface area contributed by atoms with E-state index < -0.39 is 5.82 Å². The summed E-state index contributed by atoms with van der Waals surface area (Å²) in [6, 6.07) is 11.0. The first-order chi connectivity index (χ1) is 10.2. The fraction of sp³-hybridized carbons (Fsp3) is 0.294. The van der Waals surface area contributed by atoms with Gasteiger partial charge in [0.1, 0.15) is 11.6 Å². The molecule has 110 valence electrons. The molecule has 3 rings (SSSR count). The summed E-state index contributed by atoms with van der Waals surface area (Å²) in [5, 5.41) is 3.41. The summed E-state index contributed by atoms with van der Waals surface area (Å²) in [7, 11) is 1.89. The highest BCUT2D eigenvalue weighted by Crippen LogP contribution is 2.31. The maximum Gasteiger partial charge on any atom is 0.141 e. The monoisotopic (exact) mass is 305 g/mol. The zero-order valence-corrected chi connectivity index (χ0v) is 12.6. The molecule has 0 aromatic heterocycles. The lowest BCUT2D eigenvalue weighted by Gasteiger charge is -2.22. The van der Waals surface area contributed by atoms with Crippen LogP contribution in [0.15, 0.2) is 36.4 Å². The molecule has 0 radical (unpaired) electrons. The van der Waals surface area contributed by atoms with E-state index in [4.69, 9.17) is 16.3 Å². The van der Waals surface area contributed by atoms with E-state index in [1.54, 1.807) is 12.1 Å². The van der Waals surface area contributed by atoms with Crippen molar-refractivity contribution in [3.63, 3.8) is 0 Å². The molecule has 4 heteroatoms. The number of aryl methyl sites for hydroxylation is 1. The predicted molar refractivity (Wildman–Crippen MR) is 82.6 cm³/mol. The molecule has 0 bridgehead atoms. The van der Waals surface area contributed by atoms with Gasteiger partial charge in [0.15, 0.2) is 0 Å². The van der Waals surface area contributed by atoms with Crippen molar-refractivity contribution >= 4 is 11.6 Å². The first-order valence-corrected chi connectivity index (χ1v) is 7.44. The van der Waals surface area contributed by atoms with Crippen molar-refractivity contribution in [1.82, 2.24) is 5.32 Å². The minimum Gasteiger partial charge on any atom is -0.493 e. The van der Waals surface area contributed by atoms with E-state index in [1.165, 1.54) is 11.6 Å². The zero-order chi connectivity index (χ0) is 14.8. The van der Waals surface area contributed by atoms with Crippen LogP contribution in [0.1, 0.15) is 29.2 Å². The van der Waals surface area contributed by atoms with Crippen LogP contribution in [0.3, 0.4) is 0 Å². The molecule has 0 aliphatic carbocycles. The maximum atomic E-state index is 13.3. The highest BCUT2D eigenvalue weighted by atomic mass is 35.5. The lowest BCUT2D eigenvalue weighted by Crippen LogP contribution is -2.18. The highest BCUT2D eigenvalue weighted by molar-refractivity contribution is 6.30. The molecule has 2 aromatic rings. The Balaban J connectivity index is 1.97. The predicted octanol–water partition coefficient (Wildman–Crippen LogP) is 4.11. The summed E-state index contributed by atoms with van der Waals surface area (Å²) in [5.74, 6) is 0.575. The van der Waals surface area contributed by atoms with Gasteiger partial charge in [-0.2, -0.15) is 0 Å². The van der Waals surface area contributed by atoms with Gasteiger partial charge in [-0.05, 0) is 54.8 Å². The van der Waals surface area contributed by atoms with Crippen molar-refractivity contribution in [2.24, 2.45) is 0 Å². The molecule has 1 atom stereocenters. The van der Waals surface area contributed by atoms with Crippen LogP contribution in [0.25, 0.3) is 0 Å². The van der Waals surface area contributed by atoms with Gasteiger partial charge in [0, 0.05) is 0 Å². The average molecular weight is 306 g/mol. The van der Waals surface area contributed by atoms with E-state index in [0.29, 0.717) is 0 Å². The third-order valence-electron chi connectivity index (χ3n) is 3.83. The van der Waals surface area contributed by atoms with Crippen LogP contribution >= 0.6 is 11.6 Å². The van der Waals surface area contributed by atoms with Gasteiger partial charge < -0.3 is 10.1 Å². The van der Waals surface area contributed by atoms with E-state index in [1.807, 2.05) is 19.2 Å². The van der Waals surface area contributed by atoms with E-state index in [9.17, 15) is 4.39 Å². The van der Waals surface area contributed by atoms with Crippen molar-refractivity contribution in [3.05, 3.63) is 63.9 Å². The number of benzene rings is 2. The number of ether oxygens (including phenoxy) is 1. The lowest BCUT2D eigenvalue weighted by atomic mass is 9.95. The average Bonchev–Trinajstić information content (AvgIpc) is 2.51. The molecule has 0 saturated heterocycles. The summed E-state index contributed by atoms with van der Waals surface area (Å²) >= 11 is 5.89. The van der Waals surface area contributed by atoms with Crippen LogP contribution in [0, 0.1) is 5.82 Å². The molecular formula is C17H17ClFNO.